The topological polar surface area (TPSA) is 28.2 Å². The average molecular weight is 282 g/mol. The van der Waals surface area contributed by atoms with Crippen LogP contribution >= 0.6 is 12.4 Å². The fourth-order valence-electron chi connectivity index (χ4n) is 3.45. The molecule has 3 heterocycles. The van der Waals surface area contributed by atoms with Crippen LogP contribution < -0.4 is 5.32 Å². The summed E-state index contributed by atoms with van der Waals surface area (Å²) in [7, 11) is 0. The highest BCUT2D eigenvalue weighted by Crippen LogP contribution is 2.39. The minimum absolute atomic E-state index is 0. The van der Waals surface area contributed by atoms with Crippen molar-refractivity contribution >= 4 is 12.4 Å². The zero-order chi connectivity index (χ0) is 12.4. The molecule has 0 unspecified atom stereocenters. The van der Waals surface area contributed by atoms with Gasteiger partial charge in [0.2, 0.25) is 0 Å². The summed E-state index contributed by atoms with van der Waals surface area (Å²) in [5, 5.41) is 3.48. The number of nitrogens with one attached hydrogen (secondary N) is 1. The Bertz CT molecular complexity index is 416. The third-order valence-electron chi connectivity index (χ3n) is 4.69. The second-order valence-electron chi connectivity index (χ2n) is 5.96. The molecular formula is C15H24ClN3. The predicted molar refractivity (Wildman–Crippen MR) is 80.7 cm³/mol. The molecule has 1 aromatic heterocycles. The van der Waals surface area contributed by atoms with Gasteiger partial charge >= 0.3 is 0 Å². The maximum absolute atomic E-state index is 4.39. The van der Waals surface area contributed by atoms with Gasteiger partial charge in [-0.25, -0.2) is 0 Å². The summed E-state index contributed by atoms with van der Waals surface area (Å²) < 4.78 is 0. The molecular weight excluding hydrogens is 258 g/mol. The van der Waals surface area contributed by atoms with Crippen LogP contribution in [0, 0.1) is 12.3 Å². The standard InChI is InChI=1S/C15H23N3.ClH/c1-13-14(3-2-7-17-13)11-18-10-6-15(12-18)4-8-16-9-5-15;/h2-3,7,16H,4-6,8-12H2,1H3;1H. The number of pyridine rings is 1. The Kier molecular flexibility index (Phi) is 4.82. The Morgan fingerprint density at radius 1 is 1.32 bits per heavy atom. The molecule has 0 saturated carbocycles. The molecule has 0 atom stereocenters. The Hall–Kier alpha value is -0.640. The maximum atomic E-state index is 4.39. The summed E-state index contributed by atoms with van der Waals surface area (Å²) in [6.45, 7) is 8.15. The number of nitrogens with zero attached hydrogens (tertiary/aromatic N) is 2. The molecule has 0 amide bonds. The van der Waals surface area contributed by atoms with Gasteiger partial charge < -0.3 is 5.32 Å². The van der Waals surface area contributed by atoms with Gasteiger partial charge in [0.1, 0.15) is 0 Å². The molecule has 1 spiro atoms. The van der Waals surface area contributed by atoms with E-state index in [4.69, 9.17) is 0 Å². The summed E-state index contributed by atoms with van der Waals surface area (Å²) in [5.74, 6) is 0. The van der Waals surface area contributed by atoms with Crippen LogP contribution in [0.4, 0.5) is 0 Å². The molecule has 2 saturated heterocycles. The molecule has 2 aliphatic heterocycles. The van der Waals surface area contributed by atoms with E-state index in [1.165, 1.54) is 56.7 Å². The van der Waals surface area contributed by atoms with Crippen LogP contribution in [0.3, 0.4) is 0 Å². The largest absolute Gasteiger partial charge is 0.317 e. The van der Waals surface area contributed by atoms with E-state index in [9.17, 15) is 0 Å². The van der Waals surface area contributed by atoms with Gasteiger partial charge in [-0.1, -0.05) is 6.07 Å². The van der Waals surface area contributed by atoms with E-state index in [0.717, 1.165) is 6.54 Å². The first kappa shape index (κ1) is 14.8. The number of likely N-dealkylation sites (tertiary alicyclic amines) is 1. The number of piperidine rings is 1. The van der Waals surface area contributed by atoms with Crippen molar-refractivity contribution in [3.05, 3.63) is 29.6 Å². The van der Waals surface area contributed by atoms with Gasteiger partial charge in [0, 0.05) is 25.0 Å². The van der Waals surface area contributed by atoms with Crippen LogP contribution in [-0.2, 0) is 6.54 Å². The maximum Gasteiger partial charge on any atom is 0.0417 e. The van der Waals surface area contributed by atoms with E-state index in [-0.39, 0.29) is 12.4 Å². The molecule has 4 heteroatoms. The van der Waals surface area contributed by atoms with Gasteiger partial charge in [0.15, 0.2) is 0 Å². The SMILES string of the molecule is Cc1ncccc1CN1CCC2(CCNCC2)C1.Cl. The van der Waals surface area contributed by atoms with Crippen molar-refractivity contribution in [2.45, 2.75) is 32.7 Å². The summed E-state index contributed by atoms with van der Waals surface area (Å²) >= 11 is 0. The first-order valence-corrected chi connectivity index (χ1v) is 7.11. The van der Waals surface area contributed by atoms with Gasteiger partial charge in [-0.05, 0) is 62.9 Å². The fourth-order valence-corrected chi connectivity index (χ4v) is 3.45. The van der Waals surface area contributed by atoms with Crippen LogP contribution in [0.15, 0.2) is 18.3 Å². The molecule has 2 aliphatic rings. The van der Waals surface area contributed by atoms with Crippen molar-refractivity contribution in [2.75, 3.05) is 26.2 Å². The molecule has 0 aliphatic carbocycles. The molecule has 2 fully saturated rings. The highest BCUT2D eigenvalue weighted by atomic mass is 35.5. The Labute approximate surface area is 122 Å². The van der Waals surface area contributed by atoms with Crippen LogP contribution in [-0.4, -0.2) is 36.1 Å². The van der Waals surface area contributed by atoms with E-state index < -0.39 is 0 Å². The second-order valence-corrected chi connectivity index (χ2v) is 5.96. The quantitative estimate of drug-likeness (QED) is 0.902. The van der Waals surface area contributed by atoms with Crippen molar-refractivity contribution < 1.29 is 0 Å². The van der Waals surface area contributed by atoms with Crippen LogP contribution in [0.25, 0.3) is 0 Å². The number of rotatable bonds is 2. The van der Waals surface area contributed by atoms with Gasteiger partial charge in [0.05, 0.1) is 0 Å². The molecule has 3 nitrogen and oxygen atoms in total. The van der Waals surface area contributed by atoms with E-state index in [1.54, 1.807) is 0 Å². The van der Waals surface area contributed by atoms with E-state index in [1.807, 2.05) is 6.20 Å². The molecule has 0 aromatic carbocycles. The smallest absolute Gasteiger partial charge is 0.0417 e. The van der Waals surface area contributed by atoms with E-state index in [2.05, 4.69) is 34.3 Å². The van der Waals surface area contributed by atoms with E-state index in [0.29, 0.717) is 5.41 Å². The number of halogens is 1. The molecule has 1 aromatic rings. The Morgan fingerprint density at radius 3 is 2.84 bits per heavy atom. The minimum atomic E-state index is 0. The van der Waals surface area contributed by atoms with Gasteiger partial charge in [0.25, 0.3) is 0 Å². The van der Waals surface area contributed by atoms with Crippen molar-refractivity contribution in [2.24, 2.45) is 5.41 Å². The molecule has 1 N–H and O–H groups in total. The lowest BCUT2D eigenvalue weighted by Gasteiger charge is -2.34. The first-order valence-electron chi connectivity index (χ1n) is 7.11. The molecule has 0 radical (unpaired) electrons. The summed E-state index contributed by atoms with van der Waals surface area (Å²) in [5.41, 5.74) is 3.19. The van der Waals surface area contributed by atoms with Crippen molar-refractivity contribution in [3.8, 4) is 0 Å². The van der Waals surface area contributed by atoms with Crippen LogP contribution in [0.1, 0.15) is 30.5 Å². The fraction of sp³-hybridized carbons (Fsp3) is 0.667. The van der Waals surface area contributed by atoms with Gasteiger partial charge in [-0.3, -0.25) is 9.88 Å². The molecule has 106 valence electrons. The first-order chi connectivity index (χ1) is 8.77. The zero-order valence-corrected chi connectivity index (χ0v) is 12.5. The minimum Gasteiger partial charge on any atom is -0.317 e. The number of aromatic nitrogens is 1. The van der Waals surface area contributed by atoms with Crippen molar-refractivity contribution in [1.29, 1.82) is 0 Å². The highest BCUT2D eigenvalue weighted by Gasteiger charge is 2.38. The third kappa shape index (κ3) is 3.28. The summed E-state index contributed by atoms with van der Waals surface area (Å²) in [6.07, 6.45) is 5.98. The lowest BCUT2D eigenvalue weighted by Crippen LogP contribution is -2.38. The number of hydrogen-bond donors (Lipinski definition) is 1. The van der Waals surface area contributed by atoms with E-state index >= 15 is 0 Å². The molecule has 19 heavy (non-hydrogen) atoms. The van der Waals surface area contributed by atoms with Crippen molar-refractivity contribution in [1.82, 2.24) is 15.2 Å². The third-order valence-corrected chi connectivity index (χ3v) is 4.69. The van der Waals surface area contributed by atoms with Crippen LogP contribution in [0.2, 0.25) is 0 Å². The average Bonchev–Trinajstić information content (AvgIpc) is 2.76. The second kappa shape index (κ2) is 6.21. The molecule has 3 rings (SSSR count). The molecule has 0 bridgehead atoms. The lowest BCUT2D eigenvalue weighted by molar-refractivity contribution is 0.194. The van der Waals surface area contributed by atoms with Gasteiger partial charge in [-0.15, -0.1) is 12.4 Å². The zero-order valence-electron chi connectivity index (χ0n) is 11.7. The highest BCUT2D eigenvalue weighted by molar-refractivity contribution is 5.85. The lowest BCUT2D eigenvalue weighted by atomic mass is 9.78. The number of aryl methyl sites for hydroxylation is 1. The Morgan fingerprint density at radius 2 is 2.11 bits per heavy atom. The van der Waals surface area contributed by atoms with Crippen molar-refractivity contribution in [3.63, 3.8) is 0 Å². The summed E-state index contributed by atoms with van der Waals surface area (Å²) in [6, 6.07) is 4.27. The van der Waals surface area contributed by atoms with Crippen LogP contribution in [0.5, 0.6) is 0 Å². The monoisotopic (exact) mass is 281 g/mol. The van der Waals surface area contributed by atoms with Gasteiger partial charge in [-0.2, -0.15) is 0 Å². The normalized spacial score (nSPS) is 22.4. The number of hydrogen-bond acceptors (Lipinski definition) is 3. The summed E-state index contributed by atoms with van der Waals surface area (Å²) in [4.78, 5) is 7.01. The predicted octanol–water partition coefficient (Wildman–Crippen LogP) is 2.39. The Balaban J connectivity index is 0.00000133.